The van der Waals surface area contributed by atoms with Crippen LogP contribution in [0.15, 0.2) is 54.6 Å². The van der Waals surface area contributed by atoms with Crippen molar-refractivity contribution in [2.75, 3.05) is 18.1 Å². The number of amidine groups is 1. The summed E-state index contributed by atoms with van der Waals surface area (Å²) in [6.45, 7) is 2.52. The van der Waals surface area contributed by atoms with Gasteiger partial charge < -0.3 is 20.7 Å². The Morgan fingerprint density at radius 3 is 2.57 bits per heavy atom. The Hall–Kier alpha value is -4.12. The van der Waals surface area contributed by atoms with Gasteiger partial charge in [-0.15, -0.1) is 0 Å². The third-order valence-electron chi connectivity index (χ3n) is 5.65. The second-order valence-corrected chi connectivity index (χ2v) is 8.26. The number of nitrogens with one attached hydrogen (secondary N) is 2. The Balaban J connectivity index is 1.66. The zero-order valence-corrected chi connectivity index (χ0v) is 19.8. The molecule has 8 nitrogen and oxygen atoms in total. The first-order chi connectivity index (χ1) is 16.9. The molecule has 1 heterocycles. The van der Waals surface area contributed by atoms with Gasteiger partial charge in [0.1, 0.15) is 11.9 Å². The highest BCUT2D eigenvalue weighted by atomic mass is 16.5. The number of benzene rings is 2. The van der Waals surface area contributed by atoms with Gasteiger partial charge in [0, 0.05) is 35.7 Å². The Bertz CT molecular complexity index is 1120. The highest BCUT2D eigenvalue weighted by Crippen LogP contribution is 2.26. The number of nitrogen functional groups attached to an aromatic ring is 1. The fourth-order valence-electron chi connectivity index (χ4n) is 3.91. The third kappa shape index (κ3) is 7.44. The van der Waals surface area contributed by atoms with Crippen LogP contribution in [0.3, 0.4) is 0 Å². The second kappa shape index (κ2) is 12.4. The van der Waals surface area contributed by atoms with Crippen LogP contribution in [0.2, 0.25) is 0 Å². The number of ether oxygens (including phenoxy) is 1. The lowest BCUT2D eigenvalue weighted by Gasteiger charge is -2.32. The molecular formula is C27H30N4O4. The van der Waals surface area contributed by atoms with Crippen LogP contribution in [-0.4, -0.2) is 42.8 Å². The monoisotopic (exact) mass is 474 g/mol. The first-order valence-electron chi connectivity index (χ1n) is 11.6. The van der Waals surface area contributed by atoms with Crippen LogP contribution >= 0.6 is 0 Å². The van der Waals surface area contributed by atoms with E-state index in [0.29, 0.717) is 24.2 Å². The molecule has 0 saturated carbocycles. The maximum absolute atomic E-state index is 13.1. The van der Waals surface area contributed by atoms with Crippen molar-refractivity contribution in [1.29, 1.82) is 5.41 Å². The minimum atomic E-state index is -0.726. The molecule has 0 aromatic heterocycles. The Morgan fingerprint density at radius 2 is 1.91 bits per heavy atom. The smallest absolute Gasteiger partial charge is 0.308 e. The predicted molar refractivity (Wildman–Crippen MR) is 134 cm³/mol. The fraction of sp³-hybridized carbons (Fsp3) is 0.333. The molecule has 1 fully saturated rings. The van der Waals surface area contributed by atoms with Crippen LogP contribution in [-0.2, 0) is 19.1 Å². The van der Waals surface area contributed by atoms with Crippen LogP contribution in [0.25, 0.3) is 0 Å². The number of piperidine rings is 1. The van der Waals surface area contributed by atoms with E-state index < -0.39 is 17.9 Å². The molecule has 0 aliphatic carbocycles. The number of carbonyl (C=O) groups excluding carboxylic acids is 3. The first-order valence-corrected chi connectivity index (χ1v) is 11.6. The summed E-state index contributed by atoms with van der Waals surface area (Å²) in [5.74, 6) is 4.50. The van der Waals surface area contributed by atoms with E-state index in [0.717, 1.165) is 12.0 Å². The molecular weight excluding hydrogens is 444 g/mol. The van der Waals surface area contributed by atoms with Gasteiger partial charge in [-0.1, -0.05) is 30.0 Å². The molecule has 2 aromatic carbocycles. The Labute approximate surface area is 205 Å². The Morgan fingerprint density at radius 1 is 1.20 bits per heavy atom. The van der Waals surface area contributed by atoms with Crippen LogP contribution in [0.1, 0.15) is 43.7 Å². The normalized spacial score (nSPS) is 16.0. The largest absolute Gasteiger partial charge is 0.466 e. The van der Waals surface area contributed by atoms with E-state index in [4.69, 9.17) is 15.9 Å². The van der Waals surface area contributed by atoms with Gasteiger partial charge in [-0.3, -0.25) is 19.8 Å². The lowest BCUT2D eigenvalue weighted by atomic mass is 9.92. The van der Waals surface area contributed by atoms with E-state index in [-0.39, 0.29) is 37.1 Å². The molecule has 2 aromatic rings. The maximum atomic E-state index is 13.1. The van der Waals surface area contributed by atoms with E-state index in [2.05, 4.69) is 17.2 Å². The minimum absolute atomic E-state index is 0.00715. The molecule has 2 unspecified atom stereocenters. The molecule has 3 rings (SSSR count). The summed E-state index contributed by atoms with van der Waals surface area (Å²) < 4.78 is 5.02. The maximum Gasteiger partial charge on any atom is 0.308 e. The Kier molecular flexibility index (Phi) is 9.02. The van der Waals surface area contributed by atoms with Gasteiger partial charge in [0.2, 0.25) is 11.8 Å². The number of hydrogen-bond donors (Lipinski definition) is 3. The standard InChI is InChI=1S/C27H30N4O4/c1-2-35-25(33)18-22(13-10-19-7-4-3-5-8-19)30-24(32)17-21-9-6-16-31(27(21)34)23-14-11-20(12-15-23)26(28)29/h3-5,7-8,11-12,14-15,21-22H,2,6,9,16-18H2,1H3,(H3,28,29)(H,30,32). The molecule has 8 heteroatoms. The van der Waals surface area contributed by atoms with E-state index >= 15 is 0 Å². The van der Waals surface area contributed by atoms with Gasteiger partial charge in [0.25, 0.3) is 0 Å². The van der Waals surface area contributed by atoms with Crippen molar-refractivity contribution in [2.45, 2.75) is 38.6 Å². The molecule has 0 bridgehead atoms. The van der Waals surface area contributed by atoms with Crippen molar-refractivity contribution in [3.63, 3.8) is 0 Å². The number of nitrogens with two attached hydrogens (primary N) is 1. The molecule has 0 spiro atoms. The van der Waals surface area contributed by atoms with Crippen molar-refractivity contribution >= 4 is 29.3 Å². The van der Waals surface area contributed by atoms with Crippen molar-refractivity contribution in [2.24, 2.45) is 11.7 Å². The van der Waals surface area contributed by atoms with Crippen molar-refractivity contribution < 1.29 is 19.1 Å². The lowest BCUT2D eigenvalue weighted by Crippen LogP contribution is -2.44. The summed E-state index contributed by atoms with van der Waals surface area (Å²) in [6.07, 6.45) is 1.30. The minimum Gasteiger partial charge on any atom is -0.466 e. The van der Waals surface area contributed by atoms with Gasteiger partial charge in [0.15, 0.2) is 0 Å². The lowest BCUT2D eigenvalue weighted by molar-refractivity contribution is -0.143. The number of amides is 2. The number of hydrogen-bond acceptors (Lipinski definition) is 5. The van der Waals surface area contributed by atoms with Crippen LogP contribution < -0.4 is 16.0 Å². The molecule has 0 radical (unpaired) electrons. The number of nitrogens with zero attached hydrogens (tertiary/aromatic N) is 1. The van der Waals surface area contributed by atoms with Crippen LogP contribution in [0.4, 0.5) is 5.69 Å². The second-order valence-electron chi connectivity index (χ2n) is 8.26. The van der Waals surface area contributed by atoms with Gasteiger partial charge in [0.05, 0.1) is 13.0 Å². The van der Waals surface area contributed by atoms with Crippen LogP contribution in [0.5, 0.6) is 0 Å². The van der Waals surface area contributed by atoms with E-state index in [1.807, 2.05) is 30.3 Å². The molecule has 1 saturated heterocycles. The summed E-state index contributed by atoms with van der Waals surface area (Å²) in [7, 11) is 0. The van der Waals surface area contributed by atoms with Gasteiger partial charge >= 0.3 is 5.97 Å². The average molecular weight is 475 g/mol. The predicted octanol–water partition coefficient (Wildman–Crippen LogP) is 2.59. The van der Waals surface area contributed by atoms with Crippen LogP contribution in [0, 0.1) is 23.2 Å². The number of esters is 1. The highest BCUT2D eigenvalue weighted by molar-refractivity contribution is 5.99. The summed E-state index contributed by atoms with van der Waals surface area (Å²) in [5.41, 5.74) is 7.56. The van der Waals surface area contributed by atoms with E-state index in [1.54, 1.807) is 36.1 Å². The molecule has 2 atom stereocenters. The van der Waals surface area contributed by atoms with E-state index in [9.17, 15) is 14.4 Å². The molecule has 1 aliphatic heterocycles. The number of carbonyl (C=O) groups is 3. The molecule has 2 amide bonds. The van der Waals surface area contributed by atoms with Crippen molar-refractivity contribution in [3.05, 3.63) is 65.7 Å². The zero-order chi connectivity index (χ0) is 25.2. The van der Waals surface area contributed by atoms with Crippen molar-refractivity contribution in [1.82, 2.24) is 5.32 Å². The molecule has 182 valence electrons. The zero-order valence-electron chi connectivity index (χ0n) is 19.8. The van der Waals surface area contributed by atoms with Gasteiger partial charge in [-0.25, -0.2) is 0 Å². The summed E-state index contributed by atoms with van der Waals surface area (Å²) in [5, 5.41) is 10.3. The first kappa shape index (κ1) is 25.5. The molecule has 4 N–H and O–H groups in total. The SMILES string of the molecule is CCOC(=O)CC(C#Cc1ccccc1)NC(=O)CC1CCCN(c2ccc(C(=N)N)cc2)C1=O. The van der Waals surface area contributed by atoms with Gasteiger partial charge in [-0.2, -0.15) is 0 Å². The van der Waals surface area contributed by atoms with Crippen molar-refractivity contribution in [3.8, 4) is 11.8 Å². The topological polar surface area (TPSA) is 126 Å². The highest BCUT2D eigenvalue weighted by Gasteiger charge is 2.31. The summed E-state index contributed by atoms with van der Waals surface area (Å²) in [4.78, 5) is 39.7. The van der Waals surface area contributed by atoms with E-state index in [1.165, 1.54) is 0 Å². The summed E-state index contributed by atoms with van der Waals surface area (Å²) >= 11 is 0. The third-order valence-corrected chi connectivity index (χ3v) is 5.65. The quantitative estimate of drug-likeness (QED) is 0.235. The summed E-state index contributed by atoms with van der Waals surface area (Å²) in [6, 6.07) is 15.5. The fourth-order valence-corrected chi connectivity index (χ4v) is 3.91. The number of rotatable bonds is 8. The molecule has 35 heavy (non-hydrogen) atoms. The van der Waals surface area contributed by atoms with Gasteiger partial charge in [-0.05, 0) is 56.2 Å². The average Bonchev–Trinajstić information content (AvgIpc) is 2.84. The molecule has 1 aliphatic rings. The number of anilines is 1.